The van der Waals surface area contributed by atoms with Gasteiger partial charge < -0.3 is 15.5 Å². The molecule has 2 aromatic heterocycles. The third kappa shape index (κ3) is 3.31. The number of piperidine rings is 1. The van der Waals surface area contributed by atoms with E-state index in [0.29, 0.717) is 37.7 Å². The molecular weight excluding hydrogens is 352 g/mol. The number of amides is 2. The molecule has 1 aliphatic heterocycles. The molecule has 138 valence electrons. The average molecular weight is 374 g/mol. The number of carbonyl (C=O) groups excluding carboxylic acids is 2. The zero-order chi connectivity index (χ0) is 18.1. The van der Waals surface area contributed by atoms with Gasteiger partial charge in [-0.1, -0.05) is 0 Å². The first kappa shape index (κ1) is 17.0. The number of nitrogens with one attached hydrogen (secondary N) is 2. The van der Waals surface area contributed by atoms with Gasteiger partial charge in [0.25, 0.3) is 5.91 Å². The van der Waals surface area contributed by atoms with E-state index in [1.807, 2.05) is 5.38 Å². The fraction of sp³-hybridized carbons (Fsp3) is 0.529. The second kappa shape index (κ2) is 6.71. The zero-order valence-corrected chi connectivity index (χ0v) is 15.5. The van der Waals surface area contributed by atoms with Crippen LogP contribution in [0.25, 0.3) is 0 Å². The van der Waals surface area contributed by atoms with Crippen molar-refractivity contribution in [2.75, 3.05) is 18.4 Å². The van der Waals surface area contributed by atoms with Gasteiger partial charge in [0.15, 0.2) is 5.13 Å². The fourth-order valence-electron chi connectivity index (χ4n) is 3.29. The molecule has 1 saturated carbocycles. The Labute approximate surface area is 155 Å². The molecule has 3 heterocycles. The highest BCUT2D eigenvalue weighted by molar-refractivity contribution is 7.13. The Bertz CT molecular complexity index is 790. The molecule has 1 aliphatic carbocycles. The lowest BCUT2D eigenvalue weighted by Crippen LogP contribution is -2.59. The number of nitrogens with zero attached hydrogens (tertiary/aromatic N) is 4. The molecule has 2 aromatic rings. The first-order chi connectivity index (χ1) is 12.6. The maximum atomic E-state index is 12.9. The Morgan fingerprint density at radius 2 is 2.04 bits per heavy atom. The number of carbonyl (C=O) groups is 2. The summed E-state index contributed by atoms with van der Waals surface area (Å²) in [5.41, 5.74) is -0.156. The van der Waals surface area contributed by atoms with Crippen molar-refractivity contribution in [2.24, 2.45) is 7.05 Å². The predicted molar refractivity (Wildman–Crippen MR) is 98.0 cm³/mol. The van der Waals surface area contributed by atoms with E-state index in [0.717, 1.165) is 18.0 Å². The van der Waals surface area contributed by atoms with Gasteiger partial charge in [-0.3, -0.25) is 14.3 Å². The molecule has 2 aliphatic rings. The van der Waals surface area contributed by atoms with Gasteiger partial charge >= 0.3 is 0 Å². The summed E-state index contributed by atoms with van der Waals surface area (Å²) in [7, 11) is 1.76. The van der Waals surface area contributed by atoms with E-state index in [1.165, 1.54) is 11.3 Å². The third-order valence-corrected chi connectivity index (χ3v) is 5.76. The second-order valence-corrected chi connectivity index (χ2v) is 7.82. The van der Waals surface area contributed by atoms with Crippen LogP contribution in [0.1, 0.15) is 36.2 Å². The third-order valence-electron chi connectivity index (χ3n) is 5.07. The molecule has 2 amide bonds. The molecule has 9 heteroatoms. The summed E-state index contributed by atoms with van der Waals surface area (Å²) in [5, 5.41) is 13.2. The lowest BCUT2D eigenvalue weighted by molar-refractivity contribution is -0.127. The molecular formula is C17H22N6O2S. The normalized spacial score (nSPS) is 19.2. The van der Waals surface area contributed by atoms with Gasteiger partial charge in [0.2, 0.25) is 5.91 Å². The minimum atomic E-state index is -0.719. The summed E-state index contributed by atoms with van der Waals surface area (Å²) < 4.78 is 1.58. The minimum Gasteiger partial charge on any atom is -0.351 e. The Kier molecular flexibility index (Phi) is 4.39. The highest BCUT2D eigenvalue weighted by Gasteiger charge is 2.44. The fourth-order valence-corrected chi connectivity index (χ4v) is 3.91. The van der Waals surface area contributed by atoms with Gasteiger partial charge in [0.05, 0.1) is 0 Å². The SMILES string of the molecule is Cn1nccc1C(=O)N1CCC(Nc2nccs2)(C(=O)NC2CC2)CC1. The van der Waals surface area contributed by atoms with Crippen molar-refractivity contribution in [1.82, 2.24) is 25.0 Å². The quantitative estimate of drug-likeness (QED) is 0.822. The molecule has 2 N–H and O–H groups in total. The maximum Gasteiger partial charge on any atom is 0.272 e. The molecule has 26 heavy (non-hydrogen) atoms. The Hall–Kier alpha value is -2.42. The standard InChI is InChI=1S/C17H22N6O2S/c1-22-13(4-7-19-22)14(24)23-9-5-17(6-10-23,15(25)20-12-2-3-12)21-16-18-8-11-26-16/h4,7-8,11-12H,2-3,5-6,9-10H2,1H3,(H,18,21)(H,20,25). The van der Waals surface area contributed by atoms with E-state index >= 15 is 0 Å². The maximum absolute atomic E-state index is 12.9. The Balaban J connectivity index is 1.48. The van der Waals surface area contributed by atoms with Crippen molar-refractivity contribution in [3.63, 3.8) is 0 Å². The number of aromatic nitrogens is 3. The van der Waals surface area contributed by atoms with E-state index in [-0.39, 0.29) is 11.8 Å². The molecule has 1 saturated heterocycles. The molecule has 0 bridgehead atoms. The van der Waals surface area contributed by atoms with Gasteiger partial charge in [-0.15, -0.1) is 11.3 Å². The first-order valence-electron chi connectivity index (χ1n) is 8.83. The second-order valence-electron chi connectivity index (χ2n) is 6.92. The number of hydrogen-bond acceptors (Lipinski definition) is 6. The average Bonchev–Trinajstić information content (AvgIpc) is 3.12. The molecule has 0 spiro atoms. The summed E-state index contributed by atoms with van der Waals surface area (Å²) in [6.45, 7) is 1.03. The smallest absolute Gasteiger partial charge is 0.272 e. The van der Waals surface area contributed by atoms with Gasteiger partial charge in [-0.25, -0.2) is 4.98 Å². The molecule has 2 fully saturated rings. The molecule has 0 aromatic carbocycles. The van der Waals surface area contributed by atoms with Crippen LogP contribution in [0.2, 0.25) is 0 Å². The van der Waals surface area contributed by atoms with E-state index in [1.54, 1.807) is 35.1 Å². The predicted octanol–water partition coefficient (Wildman–Crippen LogP) is 1.24. The summed E-state index contributed by atoms with van der Waals surface area (Å²) in [6, 6.07) is 2.02. The van der Waals surface area contributed by atoms with Crippen LogP contribution < -0.4 is 10.6 Å². The lowest BCUT2D eigenvalue weighted by atomic mass is 9.86. The number of likely N-dealkylation sites (tertiary alicyclic amines) is 1. The van der Waals surface area contributed by atoms with Gasteiger partial charge in [0, 0.05) is 44.0 Å². The van der Waals surface area contributed by atoms with Crippen LogP contribution in [-0.2, 0) is 11.8 Å². The van der Waals surface area contributed by atoms with Crippen LogP contribution in [0, 0.1) is 0 Å². The summed E-state index contributed by atoms with van der Waals surface area (Å²) >= 11 is 1.48. The van der Waals surface area contributed by atoms with E-state index in [9.17, 15) is 9.59 Å². The largest absolute Gasteiger partial charge is 0.351 e. The highest BCUT2D eigenvalue weighted by atomic mass is 32.1. The summed E-state index contributed by atoms with van der Waals surface area (Å²) in [4.78, 5) is 31.7. The Morgan fingerprint density at radius 3 is 2.62 bits per heavy atom. The van der Waals surface area contributed by atoms with Crippen LogP contribution in [0.3, 0.4) is 0 Å². The molecule has 0 unspecified atom stereocenters. The number of rotatable bonds is 5. The highest BCUT2D eigenvalue weighted by Crippen LogP contribution is 2.30. The van der Waals surface area contributed by atoms with Crippen molar-refractivity contribution >= 4 is 28.3 Å². The summed E-state index contributed by atoms with van der Waals surface area (Å²) in [6.07, 6.45) is 6.53. The van der Waals surface area contributed by atoms with Crippen molar-refractivity contribution in [2.45, 2.75) is 37.3 Å². The minimum absolute atomic E-state index is 0.0165. The Morgan fingerprint density at radius 1 is 1.27 bits per heavy atom. The van der Waals surface area contributed by atoms with E-state index < -0.39 is 5.54 Å². The van der Waals surface area contributed by atoms with Gasteiger partial charge in [-0.2, -0.15) is 5.10 Å². The van der Waals surface area contributed by atoms with Crippen molar-refractivity contribution in [1.29, 1.82) is 0 Å². The van der Waals surface area contributed by atoms with Gasteiger partial charge in [-0.05, 0) is 31.7 Å². The molecule has 0 radical (unpaired) electrons. The number of thiazole rings is 1. The van der Waals surface area contributed by atoms with Crippen molar-refractivity contribution < 1.29 is 9.59 Å². The molecule has 4 rings (SSSR count). The van der Waals surface area contributed by atoms with E-state index in [2.05, 4.69) is 20.7 Å². The number of anilines is 1. The van der Waals surface area contributed by atoms with Gasteiger partial charge in [0.1, 0.15) is 11.2 Å². The number of hydrogen-bond donors (Lipinski definition) is 2. The topological polar surface area (TPSA) is 92.2 Å². The molecule has 8 nitrogen and oxygen atoms in total. The monoisotopic (exact) mass is 374 g/mol. The number of aryl methyl sites for hydroxylation is 1. The van der Waals surface area contributed by atoms with Crippen molar-refractivity contribution in [3.8, 4) is 0 Å². The summed E-state index contributed by atoms with van der Waals surface area (Å²) in [5.74, 6) is -0.0294. The van der Waals surface area contributed by atoms with Crippen LogP contribution in [-0.4, -0.2) is 56.1 Å². The van der Waals surface area contributed by atoms with E-state index in [4.69, 9.17) is 0 Å². The zero-order valence-electron chi connectivity index (χ0n) is 14.6. The first-order valence-corrected chi connectivity index (χ1v) is 9.71. The van der Waals surface area contributed by atoms with Crippen LogP contribution in [0.4, 0.5) is 5.13 Å². The lowest BCUT2D eigenvalue weighted by Gasteiger charge is -2.41. The van der Waals surface area contributed by atoms with Crippen LogP contribution >= 0.6 is 11.3 Å². The van der Waals surface area contributed by atoms with Crippen LogP contribution in [0.5, 0.6) is 0 Å². The van der Waals surface area contributed by atoms with Crippen molar-refractivity contribution in [3.05, 3.63) is 29.5 Å². The molecule has 0 atom stereocenters. The van der Waals surface area contributed by atoms with Crippen LogP contribution in [0.15, 0.2) is 23.8 Å².